The Morgan fingerprint density at radius 2 is 1.94 bits per heavy atom. The molecule has 0 saturated carbocycles. The van der Waals surface area contributed by atoms with Crippen molar-refractivity contribution in [3.05, 3.63) is 69.0 Å². The van der Waals surface area contributed by atoms with Crippen molar-refractivity contribution in [3.8, 4) is 6.07 Å². The van der Waals surface area contributed by atoms with E-state index in [1.807, 2.05) is 33.1 Å². The van der Waals surface area contributed by atoms with Gasteiger partial charge in [-0.3, -0.25) is 9.69 Å². The van der Waals surface area contributed by atoms with Crippen LogP contribution in [-0.2, 0) is 4.79 Å². The van der Waals surface area contributed by atoms with Crippen LogP contribution >= 0.6 is 23.1 Å². The van der Waals surface area contributed by atoms with Gasteiger partial charge in [0.25, 0.3) is 0 Å². The number of aryl methyl sites for hydroxylation is 1. The normalized spacial score (nSPS) is 20.5. The third kappa shape index (κ3) is 3.54. The number of para-hydroxylation sites is 1. The summed E-state index contributed by atoms with van der Waals surface area (Å²) in [5.41, 5.74) is 7.54. The van der Waals surface area contributed by atoms with Crippen LogP contribution < -0.4 is 10.6 Å². The highest BCUT2D eigenvalue weighted by Crippen LogP contribution is 2.52. The second-order valence-corrected chi connectivity index (χ2v) is 11.2. The van der Waals surface area contributed by atoms with Crippen LogP contribution in [0.5, 0.6) is 0 Å². The molecule has 0 amide bonds. The van der Waals surface area contributed by atoms with Crippen molar-refractivity contribution >= 4 is 34.6 Å². The summed E-state index contributed by atoms with van der Waals surface area (Å²) < 4.78 is 30.7. The standard InChI is InChI=1S/C24H23F2N3OS2/c1-12-8-13(23(31-4)32-12)19-14(11-27)22(28)29(21-15(25)6-5-7-16(21)26)17-9-24(2,3)10-18(30)20(17)19/h5-8,19H,9-10,28H2,1-4H3/t19-/m1/s1. The zero-order valence-electron chi connectivity index (χ0n) is 18.3. The number of nitrogens with zero attached hydrogens (tertiary/aromatic N) is 2. The van der Waals surface area contributed by atoms with Gasteiger partial charge in [-0.1, -0.05) is 19.9 Å². The van der Waals surface area contributed by atoms with Crippen molar-refractivity contribution in [1.82, 2.24) is 0 Å². The van der Waals surface area contributed by atoms with Crippen LogP contribution in [0.3, 0.4) is 0 Å². The van der Waals surface area contributed by atoms with E-state index >= 15 is 0 Å². The first-order valence-corrected chi connectivity index (χ1v) is 12.2. The maximum absolute atomic E-state index is 14.9. The molecule has 0 fully saturated rings. The Morgan fingerprint density at radius 3 is 2.53 bits per heavy atom. The molecule has 1 aliphatic heterocycles. The quantitative estimate of drug-likeness (QED) is 0.556. The minimum Gasteiger partial charge on any atom is -0.384 e. The Balaban J connectivity index is 2.07. The average Bonchev–Trinajstić information content (AvgIpc) is 3.08. The minimum absolute atomic E-state index is 0.0401. The molecule has 0 bridgehead atoms. The molecule has 4 rings (SSSR count). The fraction of sp³-hybridized carbons (Fsp3) is 0.333. The zero-order chi connectivity index (χ0) is 23.4. The van der Waals surface area contributed by atoms with Crippen LogP contribution in [0.2, 0.25) is 0 Å². The number of ketones is 1. The molecular weight excluding hydrogens is 448 g/mol. The van der Waals surface area contributed by atoms with E-state index in [0.29, 0.717) is 17.7 Å². The summed E-state index contributed by atoms with van der Waals surface area (Å²) in [4.78, 5) is 15.8. The molecule has 8 heteroatoms. The highest BCUT2D eigenvalue weighted by atomic mass is 32.2. The number of hydrogen-bond donors (Lipinski definition) is 1. The molecule has 166 valence electrons. The molecule has 4 nitrogen and oxygen atoms in total. The second-order valence-electron chi connectivity index (χ2n) is 8.85. The van der Waals surface area contributed by atoms with E-state index < -0.39 is 23.0 Å². The highest BCUT2D eigenvalue weighted by molar-refractivity contribution is 8.00. The third-order valence-electron chi connectivity index (χ3n) is 5.89. The van der Waals surface area contributed by atoms with Crippen molar-refractivity contribution < 1.29 is 13.6 Å². The third-order valence-corrected chi connectivity index (χ3v) is 8.10. The number of hydrogen-bond acceptors (Lipinski definition) is 6. The molecule has 2 N–H and O–H groups in total. The van der Waals surface area contributed by atoms with Crippen molar-refractivity contribution in [1.29, 1.82) is 5.26 Å². The van der Waals surface area contributed by atoms with Crippen LogP contribution in [0.1, 0.15) is 43.0 Å². The smallest absolute Gasteiger partial charge is 0.162 e. The molecule has 1 aromatic carbocycles. The Hall–Kier alpha value is -2.63. The van der Waals surface area contributed by atoms with Gasteiger partial charge in [-0.25, -0.2) is 8.78 Å². The predicted octanol–water partition coefficient (Wildman–Crippen LogP) is 6.00. The van der Waals surface area contributed by atoms with Crippen molar-refractivity contribution in [2.24, 2.45) is 11.1 Å². The summed E-state index contributed by atoms with van der Waals surface area (Å²) in [6.07, 6.45) is 2.63. The molecule has 2 aliphatic rings. The predicted molar refractivity (Wildman–Crippen MR) is 124 cm³/mol. The summed E-state index contributed by atoms with van der Waals surface area (Å²) in [6, 6.07) is 7.70. The number of carbonyl (C=O) groups is 1. The number of carbonyl (C=O) groups excluding carboxylic acids is 1. The van der Waals surface area contributed by atoms with Gasteiger partial charge in [-0.15, -0.1) is 23.1 Å². The lowest BCUT2D eigenvalue weighted by Crippen LogP contribution is -2.42. The van der Waals surface area contributed by atoms with Crippen molar-refractivity contribution in [2.75, 3.05) is 11.2 Å². The Bertz CT molecular complexity index is 1220. The largest absolute Gasteiger partial charge is 0.384 e. The monoisotopic (exact) mass is 471 g/mol. The number of halogens is 2. The second kappa shape index (κ2) is 8.05. The number of anilines is 1. The Kier molecular flexibility index (Phi) is 5.68. The first-order chi connectivity index (χ1) is 15.1. The average molecular weight is 472 g/mol. The Morgan fingerprint density at radius 1 is 1.28 bits per heavy atom. The maximum Gasteiger partial charge on any atom is 0.162 e. The van der Waals surface area contributed by atoms with E-state index in [2.05, 4.69) is 6.07 Å². The van der Waals surface area contributed by atoms with Crippen LogP contribution in [0.25, 0.3) is 0 Å². The molecule has 0 radical (unpaired) electrons. The zero-order valence-corrected chi connectivity index (χ0v) is 19.9. The summed E-state index contributed by atoms with van der Waals surface area (Å²) in [5.74, 6) is -2.43. The van der Waals surface area contributed by atoms with Gasteiger partial charge in [0.15, 0.2) is 5.78 Å². The summed E-state index contributed by atoms with van der Waals surface area (Å²) >= 11 is 3.13. The van der Waals surface area contributed by atoms with Crippen molar-refractivity contribution in [2.45, 2.75) is 43.7 Å². The van der Waals surface area contributed by atoms with Gasteiger partial charge < -0.3 is 5.73 Å². The molecule has 2 aromatic rings. The van der Waals surface area contributed by atoms with Gasteiger partial charge >= 0.3 is 0 Å². The molecule has 1 aliphatic carbocycles. The van der Waals surface area contributed by atoms with E-state index in [1.54, 1.807) is 23.1 Å². The lowest BCUT2D eigenvalue weighted by atomic mass is 9.69. The maximum atomic E-state index is 14.9. The van der Waals surface area contributed by atoms with Gasteiger partial charge in [0.2, 0.25) is 0 Å². The number of allylic oxidation sites excluding steroid dienone is 3. The summed E-state index contributed by atoms with van der Waals surface area (Å²) in [6.45, 7) is 5.86. The molecule has 2 heterocycles. The van der Waals surface area contributed by atoms with E-state index in [1.165, 1.54) is 11.0 Å². The topological polar surface area (TPSA) is 70.1 Å². The van der Waals surface area contributed by atoms with Gasteiger partial charge in [0.1, 0.15) is 23.1 Å². The number of thioether (sulfide) groups is 1. The van der Waals surface area contributed by atoms with Gasteiger partial charge in [-0.05, 0) is 48.8 Å². The number of rotatable bonds is 3. The summed E-state index contributed by atoms with van der Waals surface area (Å²) in [7, 11) is 0. The van der Waals surface area contributed by atoms with E-state index in [-0.39, 0.29) is 29.3 Å². The molecule has 0 spiro atoms. The first-order valence-electron chi connectivity index (χ1n) is 10.1. The fourth-order valence-electron chi connectivity index (χ4n) is 4.65. The summed E-state index contributed by atoms with van der Waals surface area (Å²) in [5, 5.41) is 10.1. The van der Waals surface area contributed by atoms with Crippen molar-refractivity contribution in [3.63, 3.8) is 0 Å². The van der Waals surface area contributed by atoms with Crippen LogP contribution in [0, 0.1) is 35.3 Å². The number of thiophene rings is 1. The van der Waals surface area contributed by atoms with Gasteiger partial charge in [-0.2, -0.15) is 5.26 Å². The van der Waals surface area contributed by atoms with Crippen LogP contribution in [-0.4, -0.2) is 12.0 Å². The molecule has 1 aromatic heterocycles. The fourth-order valence-corrected chi connectivity index (χ4v) is 6.56. The molecule has 0 unspecified atom stereocenters. The lowest BCUT2D eigenvalue weighted by Gasteiger charge is -2.43. The number of nitrogens with two attached hydrogens (primary N) is 1. The lowest BCUT2D eigenvalue weighted by molar-refractivity contribution is -0.118. The van der Waals surface area contributed by atoms with Crippen LogP contribution in [0.15, 0.2) is 51.1 Å². The van der Waals surface area contributed by atoms with E-state index in [9.17, 15) is 18.8 Å². The van der Waals surface area contributed by atoms with E-state index in [4.69, 9.17) is 5.73 Å². The highest BCUT2D eigenvalue weighted by Gasteiger charge is 2.46. The first kappa shape index (κ1) is 22.6. The van der Waals surface area contributed by atoms with Gasteiger partial charge in [0, 0.05) is 22.6 Å². The molecule has 0 saturated heterocycles. The SMILES string of the molecule is CSc1sc(C)cc1[C@@H]1C(C#N)=C(N)N(c2c(F)cccc2F)C2=C1C(=O)CC(C)(C)C2. The molecular formula is C24H23F2N3OS2. The van der Waals surface area contributed by atoms with Crippen LogP contribution in [0.4, 0.5) is 14.5 Å². The minimum atomic E-state index is -0.803. The van der Waals surface area contributed by atoms with Gasteiger partial charge in [0.05, 0.1) is 21.8 Å². The Labute approximate surface area is 194 Å². The molecule has 1 atom stereocenters. The number of nitriles is 1. The van der Waals surface area contributed by atoms with E-state index in [0.717, 1.165) is 26.8 Å². The molecule has 32 heavy (non-hydrogen) atoms. The number of Topliss-reactive ketones (excluding diaryl/α,β-unsaturated/α-hetero) is 1. The number of benzene rings is 1.